The molecule has 20 heavy (non-hydrogen) atoms. The van der Waals surface area contributed by atoms with Crippen molar-refractivity contribution in [1.82, 2.24) is 5.32 Å². The molecule has 1 aromatic carbocycles. The van der Waals surface area contributed by atoms with Crippen LogP contribution in [0.25, 0.3) is 0 Å². The summed E-state index contributed by atoms with van der Waals surface area (Å²) in [6.45, 7) is 20.5. The van der Waals surface area contributed by atoms with E-state index in [1.165, 1.54) is 22.3 Å². The molecule has 0 radical (unpaired) electrons. The van der Waals surface area contributed by atoms with E-state index in [-0.39, 0.29) is 11.0 Å². The highest BCUT2D eigenvalue weighted by molar-refractivity contribution is 5.38. The molecule has 0 aliphatic carbocycles. The van der Waals surface area contributed by atoms with Crippen LogP contribution in [0.1, 0.15) is 49.9 Å². The van der Waals surface area contributed by atoms with Gasteiger partial charge in [-0.05, 0) is 64.7 Å². The molecule has 0 heterocycles. The van der Waals surface area contributed by atoms with Crippen LogP contribution in [0.3, 0.4) is 0 Å². The third-order valence-electron chi connectivity index (χ3n) is 3.94. The monoisotopic (exact) mass is 273 g/mol. The first-order chi connectivity index (χ1) is 9.06. The van der Waals surface area contributed by atoms with Crippen molar-refractivity contribution in [3.8, 4) is 0 Å². The van der Waals surface area contributed by atoms with Gasteiger partial charge >= 0.3 is 0 Å². The smallest absolute Gasteiger partial charge is 0.00968 e. The second kappa shape index (κ2) is 6.13. The average Bonchev–Trinajstić information content (AvgIpc) is 2.30. The molecule has 1 atom stereocenters. The van der Waals surface area contributed by atoms with Gasteiger partial charge in [-0.3, -0.25) is 0 Å². The van der Waals surface area contributed by atoms with Crippen molar-refractivity contribution in [2.75, 3.05) is 6.54 Å². The first-order valence-electron chi connectivity index (χ1n) is 7.52. The van der Waals surface area contributed by atoms with Crippen LogP contribution in [0.5, 0.6) is 0 Å². The Morgan fingerprint density at radius 1 is 1.05 bits per heavy atom. The van der Waals surface area contributed by atoms with Crippen LogP contribution in [0.2, 0.25) is 0 Å². The maximum absolute atomic E-state index is 4.07. The average molecular weight is 273 g/mol. The van der Waals surface area contributed by atoms with Crippen molar-refractivity contribution < 1.29 is 0 Å². The Hall–Kier alpha value is -1.08. The van der Waals surface area contributed by atoms with Crippen molar-refractivity contribution >= 4 is 0 Å². The fourth-order valence-electron chi connectivity index (χ4n) is 2.57. The summed E-state index contributed by atoms with van der Waals surface area (Å²) in [5.74, 6) is 0. The normalized spacial score (nSPS) is 14.9. The first kappa shape index (κ1) is 17.0. The maximum atomic E-state index is 4.07. The zero-order chi connectivity index (χ0) is 15.6. The molecule has 0 aromatic heterocycles. The summed E-state index contributed by atoms with van der Waals surface area (Å²) in [7, 11) is 0. The van der Waals surface area contributed by atoms with E-state index in [4.69, 9.17) is 0 Å². The van der Waals surface area contributed by atoms with E-state index < -0.39 is 0 Å². The molecule has 0 bridgehead atoms. The van der Waals surface area contributed by atoms with E-state index in [0.29, 0.717) is 0 Å². The molecule has 0 fully saturated rings. The topological polar surface area (TPSA) is 12.0 Å². The molecule has 1 nitrogen and oxygen atoms in total. The predicted molar refractivity (Wildman–Crippen MR) is 90.4 cm³/mol. The van der Waals surface area contributed by atoms with E-state index in [2.05, 4.69) is 78.6 Å². The molecule has 0 saturated carbocycles. The van der Waals surface area contributed by atoms with Gasteiger partial charge in [-0.1, -0.05) is 30.7 Å². The SMILES string of the molecule is C=CC(C)(CNC(C)(C)C)Cc1c(C)cc(C)cc1C. The van der Waals surface area contributed by atoms with Gasteiger partial charge in [0, 0.05) is 17.5 Å². The van der Waals surface area contributed by atoms with Gasteiger partial charge < -0.3 is 5.32 Å². The lowest BCUT2D eigenvalue weighted by atomic mass is 9.80. The van der Waals surface area contributed by atoms with Crippen molar-refractivity contribution in [1.29, 1.82) is 0 Å². The molecule has 0 amide bonds. The van der Waals surface area contributed by atoms with Gasteiger partial charge in [0.2, 0.25) is 0 Å². The molecule has 112 valence electrons. The number of hydrogen-bond donors (Lipinski definition) is 1. The van der Waals surface area contributed by atoms with E-state index in [0.717, 1.165) is 13.0 Å². The number of aryl methyl sites for hydroxylation is 3. The van der Waals surface area contributed by atoms with Gasteiger partial charge in [-0.2, -0.15) is 0 Å². The summed E-state index contributed by atoms with van der Waals surface area (Å²) in [4.78, 5) is 0. The van der Waals surface area contributed by atoms with E-state index >= 15 is 0 Å². The number of benzene rings is 1. The molecule has 1 heteroatoms. The summed E-state index contributed by atoms with van der Waals surface area (Å²) >= 11 is 0. The molecule has 0 aliphatic rings. The molecular formula is C19H31N. The summed E-state index contributed by atoms with van der Waals surface area (Å²) in [6.07, 6.45) is 3.14. The zero-order valence-corrected chi connectivity index (χ0v) is 14.4. The van der Waals surface area contributed by atoms with Crippen molar-refractivity contribution in [2.45, 2.75) is 60.4 Å². The Morgan fingerprint density at radius 3 is 1.95 bits per heavy atom. The van der Waals surface area contributed by atoms with E-state index in [1.807, 2.05) is 0 Å². The highest BCUT2D eigenvalue weighted by atomic mass is 15.0. The minimum atomic E-state index is 0.0814. The Labute approximate surface area is 125 Å². The second-order valence-corrected chi connectivity index (χ2v) is 7.52. The van der Waals surface area contributed by atoms with Gasteiger partial charge in [-0.15, -0.1) is 6.58 Å². The predicted octanol–water partition coefficient (Wildman–Crippen LogP) is 4.73. The van der Waals surface area contributed by atoms with Gasteiger partial charge in [0.05, 0.1) is 0 Å². The van der Waals surface area contributed by atoms with E-state index in [9.17, 15) is 0 Å². The third-order valence-corrected chi connectivity index (χ3v) is 3.94. The molecule has 0 saturated heterocycles. The Kier molecular flexibility index (Phi) is 5.21. The van der Waals surface area contributed by atoms with Crippen LogP contribution in [0, 0.1) is 26.2 Å². The highest BCUT2D eigenvalue weighted by Crippen LogP contribution is 2.28. The van der Waals surface area contributed by atoms with Crippen LogP contribution < -0.4 is 5.32 Å². The lowest BCUT2D eigenvalue weighted by Crippen LogP contribution is -2.43. The molecule has 1 rings (SSSR count). The third kappa shape index (κ3) is 4.79. The zero-order valence-electron chi connectivity index (χ0n) is 14.4. The molecule has 1 unspecified atom stereocenters. The van der Waals surface area contributed by atoms with Gasteiger partial charge in [0.15, 0.2) is 0 Å². The molecule has 1 aromatic rings. The minimum absolute atomic E-state index is 0.0814. The van der Waals surface area contributed by atoms with Crippen LogP contribution >= 0.6 is 0 Å². The molecule has 0 aliphatic heterocycles. The number of hydrogen-bond acceptors (Lipinski definition) is 1. The van der Waals surface area contributed by atoms with Gasteiger partial charge in [-0.25, -0.2) is 0 Å². The van der Waals surface area contributed by atoms with Crippen molar-refractivity contribution in [3.05, 3.63) is 47.0 Å². The van der Waals surface area contributed by atoms with Gasteiger partial charge in [0.1, 0.15) is 0 Å². The highest BCUT2D eigenvalue weighted by Gasteiger charge is 2.24. The second-order valence-electron chi connectivity index (χ2n) is 7.52. The van der Waals surface area contributed by atoms with Crippen LogP contribution in [0.15, 0.2) is 24.8 Å². The largest absolute Gasteiger partial charge is 0.311 e. The quantitative estimate of drug-likeness (QED) is 0.764. The summed E-state index contributed by atoms with van der Waals surface area (Å²) in [6, 6.07) is 4.56. The number of nitrogens with one attached hydrogen (secondary N) is 1. The molecule has 0 spiro atoms. The van der Waals surface area contributed by atoms with Crippen LogP contribution in [0.4, 0.5) is 0 Å². The van der Waals surface area contributed by atoms with Crippen LogP contribution in [-0.2, 0) is 6.42 Å². The van der Waals surface area contributed by atoms with Crippen molar-refractivity contribution in [2.24, 2.45) is 5.41 Å². The van der Waals surface area contributed by atoms with E-state index in [1.54, 1.807) is 0 Å². The molecular weight excluding hydrogens is 242 g/mol. The molecule has 1 N–H and O–H groups in total. The fourth-order valence-corrected chi connectivity index (χ4v) is 2.57. The maximum Gasteiger partial charge on any atom is 0.00968 e. The summed E-state index contributed by atoms with van der Waals surface area (Å²) in [5, 5.41) is 3.61. The van der Waals surface area contributed by atoms with Gasteiger partial charge in [0.25, 0.3) is 0 Å². The summed E-state index contributed by atoms with van der Waals surface area (Å²) < 4.78 is 0. The standard InChI is InChI=1S/C19H31N/c1-9-19(8,13-20-18(5,6)7)12-17-15(3)10-14(2)11-16(17)4/h9-11,20H,1,12-13H2,2-8H3. The first-order valence-corrected chi connectivity index (χ1v) is 7.52. The Morgan fingerprint density at radius 2 is 1.55 bits per heavy atom. The van der Waals surface area contributed by atoms with Crippen LogP contribution in [-0.4, -0.2) is 12.1 Å². The Bertz CT molecular complexity index is 456. The van der Waals surface area contributed by atoms with Crippen molar-refractivity contribution in [3.63, 3.8) is 0 Å². The fraction of sp³-hybridized carbons (Fsp3) is 0.579. The lowest BCUT2D eigenvalue weighted by Gasteiger charge is -2.32. The summed E-state index contributed by atoms with van der Waals surface area (Å²) in [5.41, 5.74) is 5.82. The number of rotatable bonds is 5. The minimum Gasteiger partial charge on any atom is -0.311 e. The lowest BCUT2D eigenvalue weighted by molar-refractivity contribution is 0.322. The Balaban J connectivity index is 2.96.